The molecule has 2 aliphatic heterocycles. The summed E-state index contributed by atoms with van der Waals surface area (Å²) in [6.45, 7) is 2.75. The SMILES string of the molecule is CCCCCCOC(=O)n1cnc(C[C@H](NC(=O)[C@@H]2CCC(=O)N2)C(=O)N2CCC[C@H]2C(N)=O)c1. The second-order valence-corrected chi connectivity index (χ2v) is 8.96. The Bertz CT molecular complexity index is 947. The number of nitrogens with two attached hydrogens (primary N) is 1. The van der Waals surface area contributed by atoms with Gasteiger partial charge in [-0.1, -0.05) is 26.2 Å². The van der Waals surface area contributed by atoms with Crippen LogP contribution in [0.5, 0.6) is 0 Å². The van der Waals surface area contributed by atoms with Gasteiger partial charge in [-0.2, -0.15) is 0 Å². The van der Waals surface area contributed by atoms with E-state index in [1.807, 2.05) is 0 Å². The number of amides is 4. The van der Waals surface area contributed by atoms with Crippen molar-refractivity contribution in [3.8, 4) is 0 Å². The molecule has 12 nitrogen and oxygen atoms in total. The first kappa shape index (κ1) is 26.2. The van der Waals surface area contributed by atoms with Crippen LogP contribution < -0.4 is 16.4 Å². The molecule has 0 bridgehead atoms. The van der Waals surface area contributed by atoms with E-state index in [9.17, 15) is 24.0 Å². The number of carbonyl (C=O) groups is 5. The van der Waals surface area contributed by atoms with Crippen molar-refractivity contribution >= 4 is 29.7 Å². The van der Waals surface area contributed by atoms with Gasteiger partial charge in [-0.15, -0.1) is 0 Å². The van der Waals surface area contributed by atoms with Gasteiger partial charge in [0.25, 0.3) is 0 Å². The first-order chi connectivity index (χ1) is 16.8. The van der Waals surface area contributed by atoms with Gasteiger partial charge < -0.3 is 26.0 Å². The minimum atomic E-state index is -1.05. The number of hydrogen-bond donors (Lipinski definition) is 3. The van der Waals surface area contributed by atoms with Crippen LogP contribution in [0.4, 0.5) is 4.79 Å². The average Bonchev–Trinajstić information content (AvgIpc) is 3.58. The van der Waals surface area contributed by atoms with E-state index in [1.54, 1.807) is 0 Å². The van der Waals surface area contributed by atoms with Crippen LogP contribution in [0.2, 0.25) is 0 Å². The summed E-state index contributed by atoms with van der Waals surface area (Å²) < 4.78 is 6.44. The first-order valence-corrected chi connectivity index (χ1v) is 12.2. The Morgan fingerprint density at radius 2 is 2.06 bits per heavy atom. The molecule has 1 aromatic heterocycles. The van der Waals surface area contributed by atoms with Gasteiger partial charge in [0.1, 0.15) is 24.5 Å². The van der Waals surface area contributed by atoms with Crippen LogP contribution in [0.3, 0.4) is 0 Å². The van der Waals surface area contributed by atoms with Gasteiger partial charge in [-0.05, 0) is 25.7 Å². The summed E-state index contributed by atoms with van der Waals surface area (Å²) in [6, 6.07) is -2.52. The van der Waals surface area contributed by atoms with Crippen molar-refractivity contribution in [2.24, 2.45) is 5.73 Å². The predicted octanol–water partition coefficient (Wildman–Crippen LogP) is 0.230. The predicted molar refractivity (Wildman–Crippen MR) is 124 cm³/mol. The van der Waals surface area contributed by atoms with E-state index in [0.29, 0.717) is 38.1 Å². The smallest absolute Gasteiger partial charge is 0.419 e. The van der Waals surface area contributed by atoms with Crippen molar-refractivity contribution in [3.05, 3.63) is 18.2 Å². The van der Waals surface area contributed by atoms with Gasteiger partial charge in [0.2, 0.25) is 23.6 Å². The van der Waals surface area contributed by atoms with Crippen molar-refractivity contribution in [1.29, 1.82) is 0 Å². The van der Waals surface area contributed by atoms with E-state index in [-0.39, 0.29) is 18.7 Å². The van der Waals surface area contributed by atoms with Crippen molar-refractivity contribution in [2.45, 2.75) is 82.8 Å². The molecule has 12 heteroatoms. The lowest BCUT2D eigenvalue weighted by atomic mass is 10.1. The van der Waals surface area contributed by atoms with E-state index in [2.05, 4.69) is 22.5 Å². The lowest BCUT2D eigenvalue weighted by Gasteiger charge is -2.28. The second kappa shape index (κ2) is 12.3. The molecule has 35 heavy (non-hydrogen) atoms. The molecule has 4 N–H and O–H groups in total. The lowest BCUT2D eigenvalue weighted by Crippen LogP contribution is -2.56. The van der Waals surface area contributed by atoms with Crippen molar-refractivity contribution in [2.75, 3.05) is 13.2 Å². The van der Waals surface area contributed by atoms with Crippen molar-refractivity contribution < 1.29 is 28.7 Å². The molecule has 0 aliphatic carbocycles. The number of carbonyl (C=O) groups excluding carboxylic acids is 5. The monoisotopic (exact) mass is 490 g/mol. The summed E-state index contributed by atoms with van der Waals surface area (Å²) in [5.41, 5.74) is 5.85. The molecule has 0 spiro atoms. The molecule has 0 saturated carbocycles. The van der Waals surface area contributed by atoms with Crippen molar-refractivity contribution in [3.63, 3.8) is 0 Å². The summed E-state index contributed by atoms with van der Waals surface area (Å²) in [5.74, 6) is -1.78. The van der Waals surface area contributed by atoms with Crippen LogP contribution in [0.15, 0.2) is 12.5 Å². The molecule has 3 rings (SSSR count). The number of nitrogens with one attached hydrogen (secondary N) is 2. The van der Waals surface area contributed by atoms with Crippen LogP contribution in [-0.4, -0.2) is 75.5 Å². The Labute approximate surface area is 203 Å². The second-order valence-electron chi connectivity index (χ2n) is 8.96. The summed E-state index contributed by atoms with van der Waals surface area (Å²) in [5, 5.41) is 5.27. The minimum Gasteiger partial charge on any atom is -0.449 e. The molecule has 2 fully saturated rings. The number of hydrogen-bond acceptors (Lipinski definition) is 7. The normalized spacial score (nSPS) is 20.4. The molecular formula is C23H34N6O6. The average molecular weight is 491 g/mol. The van der Waals surface area contributed by atoms with Crippen LogP contribution in [0.1, 0.15) is 64.0 Å². The fourth-order valence-corrected chi connectivity index (χ4v) is 4.35. The lowest BCUT2D eigenvalue weighted by molar-refractivity contribution is -0.140. The molecule has 192 valence electrons. The summed E-state index contributed by atoms with van der Waals surface area (Å²) in [7, 11) is 0. The van der Waals surface area contributed by atoms with E-state index < -0.39 is 41.9 Å². The molecule has 1 aromatic rings. The minimum absolute atomic E-state index is 0.00992. The van der Waals surface area contributed by atoms with Crippen LogP contribution >= 0.6 is 0 Å². The molecule has 0 unspecified atom stereocenters. The Balaban J connectivity index is 1.68. The van der Waals surface area contributed by atoms with Gasteiger partial charge in [-0.25, -0.2) is 14.3 Å². The highest BCUT2D eigenvalue weighted by Crippen LogP contribution is 2.19. The zero-order valence-corrected chi connectivity index (χ0v) is 20.0. The molecule has 3 atom stereocenters. The van der Waals surface area contributed by atoms with Gasteiger partial charge in [0, 0.05) is 25.6 Å². The zero-order chi connectivity index (χ0) is 25.4. The maximum atomic E-state index is 13.3. The first-order valence-electron chi connectivity index (χ1n) is 12.2. The van der Waals surface area contributed by atoms with Crippen LogP contribution in [0, 0.1) is 0 Å². The maximum absolute atomic E-state index is 13.3. The third-order valence-electron chi connectivity index (χ3n) is 6.27. The topological polar surface area (TPSA) is 166 Å². The third kappa shape index (κ3) is 7.03. The molecule has 2 saturated heterocycles. The largest absolute Gasteiger partial charge is 0.449 e. The highest BCUT2D eigenvalue weighted by molar-refractivity contribution is 5.95. The summed E-state index contributed by atoms with van der Waals surface area (Å²) in [4.78, 5) is 67.3. The number of rotatable bonds is 11. The van der Waals surface area contributed by atoms with E-state index in [4.69, 9.17) is 10.5 Å². The number of ether oxygens (including phenoxy) is 1. The Hall–Kier alpha value is -3.44. The van der Waals surface area contributed by atoms with Crippen LogP contribution in [-0.2, 0) is 30.3 Å². The molecule has 0 aromatic carbocycles. The van der Waals surface area contributed by atoms with Gasteiger partial charge in [0.15, 0.2) is 0 Å². The Kier molecular flexibility index (Phi) is 9.21. The molecular weight excluding hydrogens is 456 g/mol. The molecule has 2 aliphatic rings. The van der Waals surface area contributed by atoms with E-state index in [0.717, 1.165) is 25.7 Å². The van der Waals surface area contributed by atoms with E-state index >= 15 is 0 Å². The Morgan fingerprint density at radius 1 is 1.26 bits per heavy atom. The Morgan fingerprint density at radius 3 is 2.74 bits per heavy atom. The van der Waals surface area contributed by atoms with Gasteiger partial charge in [0.05, 0.1) is 12.3 Å². The number of primary amides is 1. The summed E-state index contributed by atoms with van der Waals surface area (Å²) >= 11 is 0. The highest BCUT2D eigenvalue weighted by Gasteiger charge is 2.38. The fraction of sp³-hybridized carbons (Fsp3) is 0.652. The number of likely N-dealkylation sites (tertiary alicyclic amines) is 1. The molecule has 0 radical (unpaired) electrons. The summed E-state index contributed by atoms with van der Waals surface area (Å²) in [6.07, 6.45) is 7.72. The van der Waals surface area contributed by atoms with Gasteiger partial charge in [-0.3, -0.25) is 19.2 Å². The zero-order valence-electron chi connectivity index (χ0n) is 20.0. The maximum Gasteiger partial charge on any atom is 0.419 e. The number of imidazole rings is 1. The third-order valence-corrected chi connectivity index (χ3v) is 6.27. The molecule has 4 amide bonds. The van der Waals surface area contributed by atoms with Crippen LogP contribution in [0.25, 0.3) is 0 Å². The highest BCUT2D eigenvalue weighted by atomic mass is 16.5. The number of nitrogens with zero attached hydrogens (tertiary/aromatic N) is 3. The van der Waals surface area contributed by atoms with E-state index in [1.165, 1.54) is 22.0 Å². The standard InChI is InChI=1S/C23H34N6O6/c1-2-3-4-5-11-35-23(34)28-13-15(25-14-28)12-17(27-21(32)16-8-9-19(30)26-16)22(33)29-10-6-7-18(29)20(24)31/h13-14,16-18H,2-12H2,1H3,(H2,24,31)(H,26,30)(H,27,32)/t16-,17-,18-/m0/s1. The fourth-order valence-electron chi connectivity index (χ4n) is 4.35. The molecule has 3 heterocycles. The quantitative estimate of drug-likeness (QED) is 0.373. The van der Waals surface area contributed by atoms with Gasteiger partial charge >= 0.3 is 6.09 Å². The van der Waals surface area contributed by atoms with Crippen molar-refractivity contribution in [1.82, 2.24) is 25.1 Å². The number of aromatic nitrogens is 2. The number of unbranched alkanes of at least 4 members (excludes halogenated alkanes) is 3.